The monoisotopic (exact) mass is 357 g/mol. The molecule has 0 aliphatic carbocycles. The van der Waals surface area contributed by atoms with E-state index in [-0.39, 0.29) is 47.5 Å². The molecular formula is C16H18F3N3O3. The molecule has 6 nitrogen and oxygen atoms in total. The van der Waals surface area contributed by atoms with Gasteiger partial charge in [-0.3, -0.25) is 4.79 Å². The van der Waals surface area contributed by atoms with Crippen molar-refractivity contribution in [3.05, 3.63) is 23.0 Å². The van der Waals surface area contributed by atoms with E-state index in [0.717, 1.165) is 6.07 Å². The summed E-state index contributed by atoms with van der Waals surface area (Å²) < 4.78 is 50.3. The third kappa shape index (κ3) is 3.46. The fraction of sp³-hybridized carbons (Fsp3) is 0.562. The number of nitrogens with zero attached hydrogens (tertiary/aromatic N) is 3. The maximum Gasteiger partial charge on any atom is 0.417 e. The highest BCUT2D eigenvalue weighted by atomic mass is 19.4. The number of ether oxygens (including phenoxy) is 1. The summed E-state index contributed by atoms with van der Waals surface area (Å²) in [5, 5.41) is 3.76. The van der Waals surface area contributed by atoms with Crippen LogP contribution in [0.5, 0.6) is 0 Å². The minimum absolute atomic E-state index is 0.0547. The Labute approximate surface area is 141 Å². The molecule has 1 fully saturated rings. The van der Waals surface area contributed by atoms with Crippen LogP contribution in [0, 0.1) is 6.92 Å². The third-order valence-electron chi connectivity index (χ3n) is 4.33. The molecule has 1 atom stereocenters. The van der Waals surface area contributed by atoms with Crippen LogP contribution in [0.2, 0.25) is 0 Å². The van der Waals surface area contributed by atoms with E-state index < -0.39 is 11.7 Å². The van der Waals surface area contributed by atoms with Gasteiger partial charge >= 0.3 is 6.18 Å². The number of pyridine rings is 1. The van der Waals surface area contributed by atoms with Crippen molar-refractivity contribution >= 4 is 17.0 Å². The summed E-state index contributed by atoms with van der Waals surface area (Å²) in [6.07, 6.45) is -3.23. The van der Waals surface area contributed by atoms with E-state index in [2.05, 4.69) is 10.1 Å². The second kappa shape index (κ2) is 6.62. The maximum atomic E-state index is 13.4. The minimum atomic E-state index is -4.54. The molecule has 2 aromatic heterocycles. The van der Waals surface area contributed by atoms with Crippen LogP contribution in [0.15, 0.2) is 10.6 Å². The second-order valence-corrected chi connectivity index (χ2v) is 6.17. The SMILES string of the molecule is COCC(=O)N1CCC[C@H](c2noc3nc(C)cc(C(F)(F)F)c23)C1. The minimum Gasteiger partial charge on any atom is -0.375 e. The van der Waals surface area contributed by atoms with Gasteiger partial charge in [0.15, 0.2) is 0 Å². The first-order valence-electron chi connectivity index (χ1n) is 7.92. The van der Waals surface area contributed by atoms with Crippen molar-refractivity contribution in [3.8, 4) is 0 Å². The number of likely N-dealkylation sites (tertiary alicyclic amines) is 1. The molecule has 0 spiro atoms. The average Bonchev–Trinajstić information content (AvgIpc) is 2.97. The van der Waals surface area contributed by atoms with E-state index in [4.69, 9.17) is 9.26 Å². The Balaban J connectivity index is 2.00. The number of alkyl halides is 3. The summed E-state index contributed by atoms with van der Waals surface area (Å²) in [6, 6.07) is 1.000. The number of aryl methyl sites for hydroxylation is 1. The summed E-state index contributed by atoms with van der Waals surface area (Å²) in [5.74, 6) is -0.522. The fourth-order valence-electron chi connectivity index (χ4n) is 3.24. The molecule has 1 aliphatic heterocycles. The van der Waals surface area contributed by atoms with E-state index in [1.165, 1.54) is 14.0 Å². The highest BCUT2D eigenvalue weighted by molar-refractivity contribution is 5.82. The number of halogens is 3. The van der Waals surface area contributed by atoms with Crippen molar-refractivity contribution in [2.45, 2.75) is 31.9 Å². The molecule has 25 heavy (non-hydrogen) atoms. The van der Waals surface area contributed by atoms with Gasteiger partial charge in [0.2, 0.25) is 5.91 Å². The van der Waals surface area contributed by atoms with Crippen LogP contribution in [-0.4, -0.2) is 47.8 Å². The number of aromatic nitrogens is 2. The molecular weight excluding hydrogens is 339 g/mol. The lowest BCUT2D eigenvalue weighted by Crippen LogP contribution is -2.41. The van der Waals surface area contributed by atoms with Gasteiger partial charge in [-0.1, -0.05) is 5.16 Å². The van der Waals surface area contributed by atoms with Crippen LogP contribution in [0.3, 0.4) is 0 Å². The van der Waals surface area contributed by atoms with Crippen LogP contribution < -0.4 is 0 Å². The number of fused-ring (bicyclic) bond motifs is 1. The Kier molecular flexibility index (Phi) is 4.68. The molecule has 1 amide bonds. The molecule has 0 unspecified atom stereocenters. The molecule has 0 radical (unpaired) electrons. The Morgan fingerprint density at radius 1 is 1.48 bits per heavy atom. The van der Waals surface area contributed by atoms with Crippen LogP contribution in [-0.2, 0) is 15.7 Å². The topological polar surface area (TPSA) is 68.5 Å². The Hall–Kier alpha value is -2.16. The van der Waals surface area contributed by atoms with Crippen molar-refractivity contribution in [1.29, 1.82) is 0 Å². The zero-order chi connectivity index (χ0) is 18.2. The van der Waals surface area contributed by atoms with Gasteiger partial charge in [-0.05, 0) is 25.8 Å². The van der Waals surface area contributed by atoms with Crippen LogP contribution >= 0.6 is 0 Å². The van der Waals surface area contributed by atoms with Gasteiger partial charge in [0.1, 0.15) is 6.61 Å². The number of carbonyl (C=O) groups is 1. The van der Waals surface area contributed by atoms with E-state index in [9.17, 15) is 18.0 Å². The van der Waals surface area contributed by atoms with Crippen molar-refractivity contribution < 1.29 is 27.2 Å². The number of carbonyl (C=O) groups excluding carboxylic acids is 1. The summed E-state index contributed by atoms with van der Waals surface area (Å²) in [7, 11) is 1.42. The molecule has 2 aromatic rings. The lowest BCUT2D eigenvalue weighted by Gasteiger charge is -2.32. The molecule has 3 rings (SSSR count). The molecule has 136 valence electrons. The van der Waals surface area contributed by atoms with Gasteiger partial charge in [-0.2, -0.15) is 13.2 Å². The lowest BCUT2D eigenvalue weighted by molar-refractivity contribution is -0.137. The summed E-state index contributed by atoms with van der Waals surface area (Å²) in [5.41, 5.74) is -0.498. The first-order chi connectivity index (χ1) is 11.8. The third-order valence-corrected chi connectivity index (χ3v) is 4.33. The number of methoxy groups -OCH3 is 1. The van der Waals surface area contributed by atoms with E-state index in [1.54, 1.807) is 4.90 Å². The Bertz CT molecular complexity index is 788. The molecule has 0 N–H and O–H groups in total. The van der Waals surface area contributed by atoms with Crippen LogP contribution in [0.1, 0.15) is 35.7 Å². The first kappa shape index (κ1) is 17.7. The standard InChI is InChI=1S/C16H18F3N3O3/c1-9-6-11(16(17,18)19)13-14(21-25-15(13)20-9)10-4-3-5-22(7-10)12(23)8-24-2/h6,10H,3-5,7-8H2,1-2H3/t10-/m0/s1. The highest BCUT2D eigenvalue weighted by Crippen LogP contribution is 2.39. The number of piperidine rings is 1. The molecule has 3 heterocycles. The van der Waals surface area contributed by atoms with Crippen LogP contribution in [0.4, 0.5) is 13.2 Å². The van der Waals surface area contributed by atoms with Gasteiger partial charge < -0.3 is 14.2 Å². The van der Waals surface area contributed by atoms with Crippen molar-refractivity contribution in [3.63, 3.8) is 0 Å². The molecule has 1 saturated heterocycles. The molecule has 0 aromatic carbocycles. The summed E-state index contributed by atoms with van der Waals surface area (Å²) in [6.45, 7) is 2.26. The first-order valence-corrected chi connectivity index (χ1v) is 7.92. The van der Waals surface area contributed by atoms with Crippen molar-refractivity contribution in [2.75, 3.05) is 26.8 Å². The summed E-state index contributed by atoms with van der Waals surface area (Å²) >= 11 is 0. The second-order valence-electron chi connectivity index (χ2n) is 6.17. The predicted molar refractivity (Wildman–Crippen MR) is 82.0 cm³/mol. The average molecular weight is 357 g/mol. The van der Waals surface area contributed by atoms with Gasteiger partial charge in [0, 0.05) is 31.8 Å². The van der Waals surface area contributed by atoms with Gasteiger partial charge in [-0.15, -0.1) is 0 Å². The smallest absolute Gasteiger partial charge is 0.375 e. The molecule has 0 saturated carbocycles. The normalized spacial score (nSPS) is 18.8. The zero-order valence-corrected chi connectivity index (χ0v) is 13.9. The van der Waals surface area contributed by atoms with Gasteiger partial charge in [-0.25, -0.2) is 4.98 Å². The highest BCUT2D eigenvalue weighted by Gasteiger charge is 2.38. The quantitative estimate of drug-likeness (QED) is 0.845. The van der Waals surface area contributed by atoms with E-state index in [0.29, 0.717) is 19.4 Å². The van der Waals surface area contributed by atoms with E-state index in [1.807, 2.05) is 0 Å². The molecule has 1 aliphatic rings. The Morgan fingerprint density at radius 2 is 2.24 bits per heavy atom. The lowest BCUT2D eigenvalue weighted by atomic mass is 9.91. The molecule has 9 heteroatoms. The van der Waals surface area contributed by atoms with Crippen molar-refractivity contribution in [1.82, 2.24) is 15.0 Å². The number of hydrogen-bond donors (Lipinski definition) is 0. The Morgan fingerprint density at radius 3 is 2.92 bits per heavy atom. The van der Waals surface area contributed by atoms with Gasteiger partial charge in [0.25, 0.3) is 5.71 Å². The maximum absolute atomic E-state index is 13.4. The fourth-order valence-corrected chi connectivity index (χ4v) is 3.24. The zero-order valence-electron chi connectivity index (χ0n) is 13.9. The van der Waals surface area contributed by atoms with Gasteiger partial charge in [0.05, 0.1) is 16.6 Å². The number of hydrogen-bond acceptors (Lipinski definition) is 5. The predicted octanol–water partition coefficient (Wildman–Crippen LogP) is 2.90. The summed E-state index contributed by atoms with van der Waals surface area (Å²) in [4.78, 5) is 17.6. The van der Waals surface area contributed by atoms with E-state index >= 15 is 0 Å². The van der Waals surface area contributed by atoms with Crippen LogP contribution in [0.25, 0.3) is 11.1 Å². The van der Waals surface area contributed by atoms with Crippen molar-refractivity contribution in [2.24, 2.45) is 0 Å². The molecule has 0 bridgehead atoms. The largest absolute Gasteiger partial charge is 0.417 e. The number of amides is 1. The number of rotatable bonds is 3.